The fraction of sp³-hybridized carbons (Fsp3) is 0.355. The van der Waals surface area contributed by atoms with Gasteiger partial charge >= 0.3 is 6.03 Å². The van der Waals surface area contributed by atoms with Crippen molar-refractivity contribution in [3.63, 3.8) is 0 Å². The SMILES string of the molecule is COc1cc(OC)c(Cl)c(N2Cc3cnc(Nc4ccccc4)nc3N(C3CCN(C(=O)/C=C/CN(C)C)CC3)C2=O)c1. The molecule has 1 aromatic heterocycles. The smallest absolute Gasteiger partial charge is 0.330 e. The van der Waals surface area contributed by atoms with E-state index in [1.807, 2.05) is 60.3 Å². The molecule has 2 aliphatic heterocycles. The van der Waals surface area contributed by atoms with Gasteiger partial charge in [0.25, 0.3) is 0 Å². The molecule has 3 aromatic rings. The number of nitrogens with one attached hydrogen (secondary N) is 1. The first-order chi connectivity index (χ1) is 20.8. The Morgan fingerprint density at radius 2 is 1.88 bits per heavy atom. The van der Waals surface area contributed by atoms with Crippen molar-refractivity contribution in [3.8, 4) is 11.5 Å². The predicted molar refractivity (Wildman–Crippen MR) is 168 cm³/mol. The zero-order chi connectivity index (χ0) is 30.5. The minimum absolute atomic E-state index is 0.0285. The highest BCUT2D eigenvalue weighted by Gasteiger charge is 2.40. The maximum absolute atomic E-state index is 14.4. The second-order valence-corrected chi connectivity index (χ2v) is 11.0. The van der Waals surface area contributed by atoms with E-state index in [9.17, 15) is 9.59 Å². The van der Waals surface area contributed by atoms with Crippen LogP contribution in [0.2, 0.25) is 5.02 Å². The highest BCUT2D eigenvalue weighted by molar-refractivity contribution is 6.35. The van der Waals surface area contributed by atoms with E-state index < -0.39 is 0 Å². The van der Waals surface area contributed by atoms with Crippen molar-refractivity contribution in [2.75, 3.05) is 63.1 Å². The summed E-state index contributed by atoms with van der Waals surface area (Å²) in [5, 5.41) is 3.53. The van der Waals surface area contributed by atoms with Crippen molar-refractivity contribution in [3.05, 3.63) is 71.4 Å². The number of likely N-dealkylation sites (N-methyl/N-ethyl adjacent to an activating group) is 1. The number of rotatable bonds is 9. The number of hydrogen-bond donors (Lipinski definition) is 1. The standard InChI is InChI=1S/C31H36ClN7O4/c1-36(2)14-8-11-27(40)37-15-12-23(13-16-37)39-29-21(19-33-30(35-29)34-22-9-6-5-7-10-22)20-38(31(39)41)25-17-24(42-3)18-26(43-4)28(25)32/h5-11,17-19,23H,12-16,20H2,1-4H3,(H,33,34,35)/b11-8+. The van der Waals surface area contributed by atoms with Gasteiger partial charge in [0.1, 0.15) is 22.3 Å². The third-order valence-electron chi connectivity index (χ3n) is 7.48. The Morgan fingerprint density at radius 1 is 1.14 bits per heavy atom. The summed E-state index contributed by atoms with van der Waals surface area (Å²) in [6, 6.07) is 12.5. The van der Waals surface area contributed by atoms with Gasteiger partial charge in [0.05, 0.1) is 26.5 Å². The van der Waals surface area contributed by atoms with Crippen LogP contribution in [-0.2, 0) is 11.3 Å². The first kappa shape index (κ1) is 30.1. The Labute approximate surface area is 256 Å². The van der Waals surface area contributed by atoms with E-state index in [-0.39, 0.29) is 24.5 Å². The monoisotopic (exact) mass is 605 g/mol. The van der Waals surface area contributed by atoms with E-state index in [1.165, 1.54) is 7.11 Å². The molecular weight excluding hydrogens is 570 g/mol. The molecule has 3 heterocycles. The number of amides is 3. The second-order valence-electron chi connectivity index (χ2n) is 10.7. The highest BCUT2D eigenvalue weighted by Crippen LogP contribution is 2.42. The Balaban J connectivity index is 1.47. The Morgan fingerprint density at radius 3 is 2.56 bits per heavy atom. The number of carbonyl (C=O) groups excluding carboxylic acids is 2. The van der Waals surface area contributed by atoms with Crippen molar-refractivity contribution in [2.24, 2.45) is 0 Å². The number of aromatic nitrogens is 2. The molecule has 0 spiro atoms. The maximum atomic E-state index is 14.4. The lowest BCUT2D eigenvalue weighted by Crippen LogP contribution is -2.55. The topological polar surface area (TPSA) is 103 Å². The number of benzene rings is 2. The number of nitrogens with zero attached hydrogens (tertiary/aromatic N) is 6. The largest absolute Gasteiger partial charge is 0.497 e. The number of anilines is 4. The molecule has 1 saturated heterocycles. The van der Waals surface area contributed by atoms with Crippen molar-refractivity contribution >= 4 is 46.7 Å². The summed E-state index contributed by atoms with van der Waals surface area (Å²) in [4.78, 5) is 43.7. The van der Waals surface area contributed by atoms with Gasteiger partial charge in [-0.2, -0.15) is 4.98 Å². The third-order valence-corrected chi connectivity index (χ3v) is 7.86. The average Bonchev–Trinajstić information content (AvgIpc) is 3.01. The molecule has 2 aliphatic rings. The van der Waals surface area contributed by atoms with E-state index in [2.05, 4.69) is 10.3 Å². The lowest BCUT2D eigenvalue weighted by atomic mass is 10.0. The van der Waals surface area contributed by atoms with E-state index >= 15 is 0 Å². The fourth-order valence-electron chi connectivity index (χ4n) is 5.24. The van der Waals surface area contributed by atoms with E-state index in [0.717, 1.165) is 11.3 Å². The lowest BCUT2D eigenvalue weighted by Gasteiger charge is -2.43. The Kier molecular flexibility index (Phi) is 9.32. The van der Waals surface area contributed by atoms with Crippen molar-refractivity contribution in [2.45, 2.75) is 25.4 Å². The predicted octanol–water partition coefficient (Wildman–Crippen LogP) is 4.95. The molecule has 0 saturated carbocycles. The third kappa shape index (κ3) is 6.68. The Bertz CT molecular complexity index is 1490. The molecule has 0 aliphatic carbocycles. The quantitative estimate of drug-likeness (QED) is 0.342. The van der Waals surface area contributed by atoms with Crippen molar-refractivity contribution in [1.82, 2.24) is 19.8 Å². The summed E-state index contributed by atoms with van der Waals surface area (Å²) in [5.74, 6) is 1.80. The summed E-state index contributed by atoms with van der Waals surface area (Å²) in [6.07, 6.45) is 6.40. The van der Waals surface area contributed by atoms with Crippen LogP contribution in [-0.4, -0.2) is 85.7 Å². The number of carbonyl (C=O) groups is 2. The molecule has 0 bridgehead atoms. The number of para-hydroxylation sites is 1. The number of fused-ring (bicyclic) bond motifs is 1. The molecule has 11 nitrogen and oxygen atoms in total. The minimum Gasteiger partial charge on any atom is -0.497 e. The number of methoxy groups -OCH3 is 2. The molecule has 226 valence electrons. The first-order valence-corrected chi connectivity index (χ1v) is 14.5. The molecule has 43 heavy (non-hydrogen) atoms. The van der Waals surface area contributed by atoms with Gasteiger partial charge in [-0.3, -0.25) is 14.6 Å². The first-order valence-electron chi connectivity index (χ1n) is 14.1. The summed E-state index contributed by atoms with van der Waals surface area (Å²) in [5.41, 5.74) is 2.06. The zero-order valence-corrected chi connectivity index (χ0v) is 25.5. The molecule has 0 radical (unpaired) electrons. The van der Waals surface area contributed by atoms with Crippen molar-refractivity contribution in [1.29, 1.82) is 0 Å². The summed E-state index contributed by atoms with van der Waals surface area (Å²) in [7, 11) is 6.97. The number of likely N-dealkylation sites (tertiary alicyclic amines) is 1. The molecule has 0 unspecified atom stereocenters. The number of hydrogen-bond acceptors (Lipinski definition) is 8. The number of ether oxygens (including phenoxy) is 2. The van der Waals surface area contributed by atoms with Crippen LogP contribution in [0.1, 0.15) is 18.4 Å². The number of halogens is 1. The molecule has 1 N–H and O–H groups in total. The van der Waals surface area contributed by atoms with Crippen LogP contribution in [0.3, 0.4) is 0 Å². The van der Waals surface area contributed by atoms with Crippen LogP contribution < -0.4 is 24.6 Å². The molecule has 1 fully saturated rings. The summed E-state index contributed by atoms with van der Waals surface area (Å²) >= 11 is 6.74. The van der Waals surface area contributed by atoms with Gasteiger partial charge in [-0.25, -0.2) is 9.78 Å². The van der Waals surface area contributed by atoms with Gasteiger partial charge in [0, 0.05) is 61.3 Å². The average molecular weight is 606 g/mol. The normalized spacial score (nSPS) is 15.7. The van der Waals surface area contributed by atoms with Gasteiger partial charge < -0.3 is 24.6 Å². The van der Waals surface area contributed by atoms with Gasteiger partial charge in [0.2, 0.25) is 11.9 Å². The van der Waals surface area contributed by atoms with E-state index in [0.29, 0.717) is 66.5 Å². The van der Waals surface area contributed by atoms with Crippen LogP contribution in [0.5, 0.6) is 11.5 Å². The number of piperidine rings is 1. The molecule has 2 aromatic carbocycles. The van der Waals surface area contributed by atoms with Gasteiger partial charge in [-0.1, -0.05) is 35.9 Å². The minimum atomic E-state index is -0.273. The van der Waals surface area contributed by atoms with Crippen LogP contribution in [0.25, 0.3) is 0 Å². The van der Waals surface area contributed by atoms with E-state index in [4.69, 9.17) is 26.1 Å². The summed E-state index contributed by atoms with van der Waals surface area (Å²) in [6.45, 7) is 1.93. The van der Waals surface area contributed by atoms with Crippen LogP contribution in [0.15, 0.2) is 60.8 Å². The fourth-order valence-corrected chi connectivity index (χ4v) is 5.53. The van der Waals surface area contributed by atoms with E-state index in [1.54, 1.807) is 41.3 Å². The van der Waals surface area contributed by atoms with Crippen LogP contribution in [0.4, 0.5) is 27.9 Å². The van der Waals surface area contributed by atoms with Crippen molar-refractivity contribution < 1.29 is 19.1 Å². The molecule has 5 rings (SSSR count). The number of urea groups is 1. The van der Waals surface area contributed by atoms with Gasteiger partial charge in [-0.05, 0) is 39.1 Å². The van der Waals surface area contributed by atoms with Gasteiger partial charge in [0.15, 0.2) is 0 Å². The second kappa shape index (κ2) is 13.3. The molecule has 0 atom stereocenters. The Hall–Kier alpha value is -4.35. The molecular formula is C31H36ClN7O4. The lowest BCUT2D eigenvalue weighted by molar-refractivity contribution is -0.127. The molecule has 3 amide bonds. The van der Waals surface area contributed by atoms with Gasteiger partial charge in [-0.15, -0.1) is 0 Å². The summed E-state index contributed by atoms with van der Waals surface area (Å²) < 4.78 is 10.9. The van der Waals surface area contributed by atoms with Crippen LogP contribution >= 0.6 is 11.6 Å². The molecule has 12 heteroatoms. The maximum Gasteiger partial charge on any atom is 0.330 e. The zero-order valence-electron chi connectivity index (χ0n) is 24.8. The van der Waals surface area contributed by atoms with Crippen LogP contribution in [0, 0.1) is 0 Å². The highest BCUT2D eigenvalue weighted by atomic mass is 35.5.